The molecule has 0 N–H and O–H groups in total. The van der Waals surface area contributed by atoms with Gasteiger partial charge in [0.05, 0.1) is 30.0 Å². The molecule has 2 aliphatic heterocycles. The molecule has 0 atom stereocenters. The second kappa shape index (κ2) is 7.47. The van der Waals surface area contributed by atoms with Crippen molar-refractivity contribution >= 4 is 11.7 Å². The largest absolute Gasteiger partial charge is 0.378 e. The summed E-state index contributed by atoms with van der Waals surface area (Å²) >= 11 is 0. The molecule has 0 spiro atoms. The standard InChI is InChI=1S/C21H25FN4O2/c1-15-12-23-16(2)19(24-15)26-13-21(14-26,11-17-5-3-4-6-18(17)22)20(27)25-7-9-28-10-8-25/h3-6,12H,7-11,13-14H2,1-2H3. The summed E-state index contributed by atoms with van der Waals surface area (Å²) in [6.45, 7) is 7.11. The number of morpholine rings is 1. The van der Waals surface area contributed by atoms with Crippen molar-refractivity contribution in [3.05, 3.63) is 53.2 Å². The van der Waals surface area contributed by atoms with E-state index in [-0.39, 0.29) is 11.7 Å². The summed E-state index contributed by atoms with van der Waals surface area (Å²) in [6.07, 6.45) is 2.12. The van der Waals surface area contributed by atoms with E-state index in [2.05, 4.69) is 14.9 Å². The fourth-order valence-electron chi connectivity index (χ4n) is 4.09. The molecular weight excluding hydrogens is 359 g/mol. The molecule has 2 aromatic rings. The van der Waals surface area contributed by atoms with Crippen LogP contribution in [0.3, 0.4) is 0 Å². The van der Waals surface area contributed by atoms with Gasteiger partial charge in [0.2, 0.25) is 5.91 Å². The number of benzene rings is 1. The van der Waals surface area contributed by atoms with Gasteiger partial charge in [-0.3, -0.25) is 9.78 Å². The van der Waals surface area contributed by atoms with Crippen LogP contribution in [0, 0.1) is 25.1 Å². The van der Waals surface area contributed by atoms with E-state index in [1.165, 1.54) is 6.07 Å². The van der Waals surface area contributed by atoms with Gasteiger partial charge in [0.25, 0.3) is 0 Å². The molecule has 2 aliphatic rings. The van der Waals surface area contributed by atoms with E-state index in [4.69, 9.17) is 4.74 Å². The molecule has 6 nitrogen and oxygen atoms in total. The first-order chi connectivity index (χ1) is 13.5. The smallest absolute Gasteiger partial charge is 0.232 e. The Bertz CT molecular complexity index is 876. The Kier molecular flexibility index (Phi) is 5.02. The van der Waals surface area contributed by atoms with Crippen LogP contribution in [0.2, 0.25) is 0 Å². The molecule has 0 aliphatic carbocycles. The summed E-state index contributed by atoms with van der Waals surface area (Å²) in [5.41, 5.74) is 1.60. The maximum atomic E-state index is 14.3. The molecule has 0 radical (unpaired) electrons. The molecule has 28 heavy (non-hydrogen) atoms. The Labute approximate surface area is 164 Å². The zero-order valence-electron chi connectivity index (χ0n) is 16.3. The average Bonchev–Trinajstić information content (AvgIpc) is 2.68. The number of nitrogens with zero attached hydrogens (tertiary/aromatic N) is 4. The monoisotopic (exact) mass is 384 g/mol. The van der Waals surface area contributed by atoms with Crippen LogP contribution < -0.4 is 4.90 Å². The highest BCUT2D eigenvalue weighted by Gasteiger charge is 2.52. The minimum absolute atomic E-state index is 0.0774. The van der Waals surface area contributed by atoms with E-state index in [0.29, 0.717) is 51.4 Å². The Morgan fingerprint density at radius 1 is 1.21 bits per heavy atom. The Balaban J connectivity index is 1.61. The van der Waals surface area contributed by atoms with Gasteiger partial charge in [-0.2, -0.15) is 0 Å². The van der Waals surface area contributed by atoms with Crippen LogP contribution in [0.15, 0.2) is 30.5 Å². The van der Waals surface area contributed by atoms with Crippen molar-refractivity contribution in [3.8, 4) is 0 Å². The van der Waals surface area contributed by atoms with Crippen molar-refractivity contribution in [2.45, 2.75) is 20.3 Å². The second-order valence-electron chi connectivity index (χ2n) is 7.73. The van der Waals surface area contributed by atoms with Crippen LogP contribution in [0.4, 0.5) is 10.2 Å². The summed E-state index contributed by atoms with van der Waals surface area (Å²) in [5.74, 6) is 0.620. The third kappa shape index (κ3) is 3.46. The number of hydrogen-bond donors (Lipinski definition) is 0. The number of anilines is 1. The predicted octanol–water partition coefficient (Wildman–Crippen LogP) is 2.14. The van der Waals surface area contributed by atoms with Crippen LogP contribution >= 0.6 is 0 Å². The predicted molar refractivity (Wildman–Crippen MR) is 104 cm³/mol. The first kappa shape index (κ1) is 18.8. The molecule has 0 bridgehead atoms. The molecule has 1 aromatic carbocycles. The van der Waals surface area contributed by atoms with Gasteiger partial charge in [-0.25, -0.2) is 9.37 Å². The highest BCUT2D eigenvalue weighted by atomic mass is 19.1. The fraction of sp³-hybridized carbons (Fsp3) is 0.476. The number of carbonyl (C=O) groups is 1. The summed E-state index contributed by atoms with van der Waals surface area (Å²) in [5, 5.41) is 0. The SMILES string of the molecule is Cc1cnc(C)c(N2CC(Cc3ccccc3F)(C(=O)N3CCOCC3)C2)n1. The maximum Gasteiger partial charge on any atom is 0.232 e. The maximum absolute atomic E-state index is 14.3. The lowest BCUT2D eigenvalue weighted by molar-refractivity contribution is -0.148. The minimum Gasteiger partial charge on any atom is -0.378 e. The van der Waals surface area contributed by atoms with E-state index in [0.717, 1.165) is 17.2 Å². The molecule has 1 aromatic heterocycles. The second-order valence-corrected chi connectivity index (χ2v) is 7.73. The Hall–Kier alpha value is -2.54. The minimum atomic E-state index is -0.655. The summed E-state index contributed by atoms with van der Waals surface area (Å²) in [4.78, 5) is 26.4. The fourth-order valence-corrected chi connectivity index (χ4v) is 4.09. The molecule has 3 heterocycles. The van der Waals surface area contributed by atoms with Crippen LogP contribution in [0.5, 0.6) is 0 Å². The molecule has 2 saturated heterocycles. The molecule has 0 unspecified atom stereocenters. The number of halogens is 1. The van der Waals surface area contributed by atoms with Gasteiger partial charge in [0.1, 0.15) is 11.6 Å². The van der Waals surface area contributed by atoms with E-state index in [1.54, 1.807) is 18.3 Å². The quantitative estimate of drug-likeness (QED) is 0.808. The van der Waals surface area contributed by atoms with Crippen LogP contribution in [-0.2, 0) is 16.0 Å². The van der Waals surface area contributed by atoms with Gasteiger partial charge in [-0.15, -0.1) is 0 Å². The number of hydrogen-bond acceptors (Lipinski definition) is 5. The zero-order chi connectivity index (χ0) is 19.7. The van der Waals surface area contributed by atoms with Gasteiger partial charge in [-0.05, 0) is 31.9 Å². The lowest BCUT2D eigenvalue weighted by Gasteiger charge is -2.51. The van der Waals surface area contributed by atoms with Gasteiger partial charge in [-0.1, -0.05) is 18.2 Å². The number of amides is 1. The number of rotatable bonds is 4. The number of aromatic nitrogens is 2. The summed E-state index contributed by atoms with van der Waals surface area (Å²) < 4.78 is 19.7. The molecular formula is C21H25FN4O2. The highest BCUT2D eigenvalue weighted by Crippen LogP contribution is 2.40. The molecule has 7 heteroatoms. The van der Waals surface area contributed by atoms with Crippen molar-refractivity contribution in [1.82, 2.24) is 14.9 Å². The molecule has 2 fully saturated rings. The third-order valence-electron chi connectivity index (χ3n) is 5.58. The van der Waals surface area contributed by atoms with Crippen LogP contribution in [0.1, 0.15) is 17.0 Å². The van der Waals surface area contributed by atoms with Gasteiger partial charge < -0.3 is 14.5 Å². The highest BCUT2D eigenvalue weighted by molar-refractivity contribution is 5.86. The molecule has 148 valence electrons. The molecule has 4 rings (SSSR count). The molecule has 1 amide bonds. The first-order valence-corrected chi connectivity index (χ1v) is 9.64. The first-order valence-electron chi connectivity index (χ1n) is 9.64. The van der Waals surface area contributed by atoms with Crippen LogP contribution in [0.25, 0.3) is 0 Å². The van der Waals surface area contributed by atoms with Crippen LogP contribution in [-0.4, -0.2) is 60.2 Å². The summed E-state index contributed by atoms with van der Waals surface area (Å²) in [6, 6.07) is 6.71. The molecule has 0 saturated carbocycles. The number of aryl methyl sites for hydroxylation is 2. The number of ether oxygens (including phenoxy) is 1. The lowest BCUT2D eigenvalue weighted by Crippen LogP contribution is -2.66. The van der Waals surface area contributed by atoms with E-state index < -0.39 is 5.41 Å². The van der Waals surface area contributed by atoms with E-state index in [9.17, 15) is 9.18 Å². The van der Waals surface area contributed by atoms with Crippen molar-refractivity contribution in [2.75, 3.05) is 44.3 Å². The van der Waals surface area contributed by atoms with Gasteiger partial charge in [0, 0.05) is 32.4 Å². The zero-order valence-corrected chi connectivity index (χ0v) is 16.3. The average molecular weight is 384 g/mol. The Morgan fingerprint density at radius 3 is 2.64 bits per heavy atom. The third-order valence-corrected chi connectivity index (χ3v) is 5.58. The van der Waals surface area contributed by atoms with E-state index in [1.807, 2.05) is 24.8 Å². The van der Waals surface area contributed by atoms with Crippen molar-refractivity contribution in [2.24, 2.45) is 5.41 Å². The normalized spacial score (nSPS) is 18.7. The van der Waals surface area contributed by atoms with Crippen molar-refractivity contribution in [3.63, 3.8) is 0 Å². The van der Waals surface area contributed by atoms with Gasteiger partial charge in [0.15, 0.2) is 0 Å². The topological polar surface area (TPSA) is 58.6 Å². The van der Waals surface area contributed by atoms with Crippen molar-refractivity contribution in [1.29, 1.82) is 0 Å². The summed E-state index contributed by atoms with van der Waals surface area (Å²) in [7, 11) is 0. The Morgan fingerprint density at radius 2 is 1.93 bits per heavy atom. The van der Waals surface area contributed by atoms with Crippen molar-refractivity contribution < 1.29 is 13.9 Å². The number of carbonyl (C=O) groups excluding carboxylic acids is 1. The lowest BCUT2D eigenvalue weighted by atomic mass is 9.73. The van der Waals surface area contributed by atoms with Gasteiger partial charge >= 0.3 is 0 Å². The van der Waals surface area contributed by atoms with E-state index >= 15 is 0 Å².